The van der Waals surface area contributed by atoms with Gasteiger partial charge in [-0.3, -0.25) is 15.6 Å². The molecule has 2 aromatic heterocycles. The smallest absolute Gasteiger partial charge is 0.283 e. The van der Waals surface area contributed by atoms with Gasteiger partial charge in [0.05, 0.1) is 18.3 Å². The summed E-state index contributed by atoms with van der Waals surface area (Å²) in [4.78, 5) is 20.6. The first-order valence-electron chi connectivity index (χ1n) is 11.0. The van der Waals surface area contributed by atoms with Crippen LogP contribution in [0.25, 0.3) is 10.1 Å². The highest BCUT2D eigenvalue weighted by Gasteiger charge is 2.38. The summed E-state index contributed by atoms with van der Waals surface area (Å²) in [5.74, 6) is 2.36. The number of fused-ring (bicyclic) bond motifs is 2. The van der Waals surface area contributed by atoms with Crippen molar-refractivity contribution in [3.8, 4) is 18.4 Å². The average Bonchev–Trinajstić information content (AvgIpc) is 3.51. The van der Waals surface area contributed by atoms with Crippen molar-refractivity contribution in [2.45, 2.75) is 36.2 Å². The predicted octanol–water partition coefficient (Wildman–Crippen LogP) is 2.27. The van der Waals surface area contributed by atoms with Crippen LogP contribution in [0.2, 0.25) is 0 Å². The molecule has 9 nitrogen and oxygen atoms in total. The van der Waals surface area contributed by atoms with Gasteiger partial charge in [0.2, 0.25) is 0 Å². The number of hydrogen-bond acceptors (Lipinski definition) is 9. The van der Waals surface area contributed by atoms with Gasteiger partial charge in [-0.25, -0.2) is 13.4 Å². The molecule has 1 fully saturated rings. The van der Waals surface area contributed by atoms with Crippen molar-refractivity contribution in [3.05, 3.63) is 45.4 Å². The third-order valence-electron chi connectivity index (χ3n) is 6.14. The Morgan fingerprint density at radius 3 is 2.83 bits per heavy atom. The van der Waals surface area contributed by atoms with Crippen molar-refractivity contribution in [3.63, 3.8) is 0 Å². The number of rotatable bonds is 5. The summed E-state index contributed by atoms with van der Waals surface area (Å²) in [5, 5.41) is 10.4. The molecule has 2 aliphatic rings. The Bertz CT molecular complexity index is 1460. The average molecular weight is 527 g/mol. The number of carbonyl (C=O) groups is 1. The summed E-state index contributed by atoms with van der Waals surface area (Å²) in [7, 11) is -3.77. The van der Waals surface area contributed by atoms with Gasteiger partial charge in [-0.1, -0.05) is 12.0 Å². The van der Waals surface area contributed by atoms with Crippen LogP contribution in [0.4, 0.5) is 0 Å². The Kier molecular flexibility index (Phi) is 6.59. The van der Waals surface area contributed by atoms with Crippen LogP contribution in [-0.4, -0.2) is 54.2 Å². The molecule has 1 aromatic carbocycles. The van der Waals surface area contributed by atoms with Crippen LogP contribution in [0, 0.1) is 23.7 Å². The molecule has 180 valence electrons. The normalized spacial score (nSPS) is 18.7. The second-order valence-corrected chi connectivity index (χ2v) is 12.6. The molecule has 3 aromatic rings. The van der Waals surface area contributed by atoms with Crippen molar-refractivity contribution < 1.29 is 13.2 Å². The fraction of sp³-hybridized carbons (Fsp3) is 0.348. The first kappa shape index (κ1) is 23.9. The molecule has 0 aliphatic carbocycles. The van der Waals surface area contributed by atoms with E-state index in [9.17, 15) is 13.2 Å². The fourth-order valence-corrected chi connectivity index (χ4v) is 8.34. The highest BCUT2D eigenvalue weighted by Crippen LogP contribution is 2.33. The van der Waals surface area contributed by atoms with E-state index in [0.717, 1.165) is 20.7 Å². The number of thiophene rings is 1. The number of nitrogens with zero attached hydrogens (tertiary/aromatic N) is 4. The predicted molar refractivity (Wildman–Crippen MR) is 134 cm³/mol. The highest BCUT2D eigenvalue weighted by molar-refractivity contribution is 7.91. The number of hydrazine groups is 1. The molecule has 1 amide bonds. The Morgan fingerprint density at radius 2 is 2.06 bits per heavy atom. The zero-order valence-corrected chi connectivity index (χ0v) is 21.1. The second kappa shape index (κ2) is 9.66. The Labute approximate surface area is 211 Å². The van der Waals surface area contributed by atoms with E-state index in [2.05, 4.69) is 27.8 Å². The van der Waals surface area contributed by atoms with Crippen LogP contribution >= 0.6 is 22.7 Å². The van der Waals surface area contributed by atoms with E-state index >= 15 is 0 Å². The quantitative estimate of drug-likeness (QED) is 0.490. The SMILES string of the molecule is C#Cc1ccc2cc(S(=O)(=O)N3CCN(C(=O)c4nc5c(s4)CNNC5)C(CCC#N)C3)sc2c1. The first-order valence-corrected chi connectivity index (χ1v) is 14.1. The molecule has 1 saturated heterocycles. The highest BCUT2D eigenvalue weighted by atomic mass is 32.2. The molecular weight excluding hydrogens is 504 g/mol. The molecule has 5 rings (SSSR count). The second-order valence-electron chi connectivity index (χ2n) is 8.27. The van der Waals surface area contributed by atoms with Crippen LogP contribution < -0.4 is 10.9 Å². The molecule has 1 unspecified atom stereocenters. The van der Waals surface area contributed by atoms with Crippen LogP contribution in [0.5, 0.6) is 0 Å². The van der Waals surface area contributed by atoms with Gasteiger partial charge in [-0.2, -0.15) is 9.57 Å². The maximum atomic E-state index is 13.5. The first-order chi connectivity index (χ1) is 16.9. The van der Waals surface area contributed by atoms with Gasteiger partial charge in [0.25, 0.3) is 15.9 Å². The van der Waals surface area contributed by atoms with Crippen LogP contribution in [0.15, 0.2) is 28.5 Å². The lowest BCUT2D eigenvalue weighted by Gasteiger charge is -2.40. The van der Waals surface area contributed by atoms with E-state index < -0.39 is 16.1 Å². The lowest BCUT2D eigenvalue weighted by molar-refractivity contribution is 0.0553. The van der Waals surface area contributed by atoms with Crippen LogP contribution in [0.3, 0.4) is 0 Å². The number of terminal acetylenes is 1. The lowest BCUT2D eigenvalue weighted by Crippen LogP contribution is -2.56. The number of amides is 1. The van der Waals surface area contributed by atoms with E-state index in [1.54, 1.807) is 17.0 Å². The number of hydrogen-bond donors (Lipinski definition) is 2. The van der Waals surface area contributed by atoms with Gasteiger partial charge in [-0.05, 0) is 30.0 Å². The maximum absolute atomic E-state index is 13.5. The van der Waals surface area contributed by atoms with Gasteiger partial charge in [0, 0.05) is 53.8 Å². The molecule has 2 aliphatic heterocycles. The Balaban J connectivity index is 1.39. The number of sulfonamides is 1. The Morgan fingerprint density at radius 1 is 1.23 bits per heavy atom. The fourth-order valence-electron chi connectivity index (χ4n) is 4.30. The summed E-state index contributed by atoms with van der Waals surface area (Å²) < 4.78 is 29.5. The topological polar surface area (TPSA) is 118 Å². The molecule has 0 saturated carbocycles. The van der Waals surface area contributed by atoms with Crippen molar-refractivity contribution in [1.82, 2.24) is 25.0 Å². The van der Waals surface area contributed by atoms with Gasteiger partial charge in [-0.15, -0.1) is 29.1 Å². The number of nitriles is 1. The van der Waals surface area contributed by atoms with E-state index in [0.29, 0.717) is 30.1 Å². The minimum atomic E-state index is -3.77. The molecule has 35 heavy (non-hydrogen) atoms. The molecule has 0 radical (unpaired) electrons. The number of benzene rings is 1. The zero-order valence-electron chi connectivity index (χ0n) is 18.7. The standard InChI is InChI=1S/C23H22N6O3S3/c1-2-15-5-6-16-11-21(33-19(16)10-15)35(31,32)28-8-9-29(17(14-28)4-3-7-24)23(30)22-27-18-12-25-26-13-20(18)34-22/h1,5-6,10-11,17,25-26H,3-4,8-9,12-14H2. The summed E-state index contributed by atoms with van der Waals surface area (Å²) in [6.07, 6.45) is 6.09. The number of aromatic nitrogens is 1. The van der Waals surface area contributed by atoms with Crippen molar-refractivity contribution >= 4 is 48.7 Å². The van der Waals surface area contributed by atoms with E-state index in [1.807, 2.05) is 12.1 Å². The van der Waals surface area contributed by atoms with Crippen LogP contribution in [0.1, 0.15) is 38.8 Å². The minimum absolute atomic E-state index is 0.133. The molecular formula is C23H22N6O3S3. The van der Waals surface area contributed by atoms with E-state index in [-0.39, 0.29) is 36.2 Å². The summed E-state index contributed by atoms with van der Waals surface area (Å²) in [6, 6.07) is 8.79. The largest absolute Gasteiger partial charge is 0.331 e. The number of thiazole rings is 1. The summed E-state index contributed by atoms with van der Waals surface area (Å²) in [6.45, 7) is 1.69. The van der Waals surface area contributed by atoms with Gasteiger partial charge in [0.1, 0.15) is 4.21 Å². The summed E-state index contributed by atoms with van der Waals surface area (Å²) >= 11 is 2.54. The minimum Gasteiger partial charge on any atom is -0.331 e. The molecule has 4 heterocycles. The lowest BCUT2D eigenvalue weighted by atomic mass is 10.1. The van der Waals surface area contributed by atoms with Gasteiger partial charge >= 0.3 is 0 Å². The van der Waals surface area contributed by atoms with Gasteiger partial charge in [0.15, 0.2) is 5.01 Å². The maximum Gasteiger partial charge on any atom is 0.283 e. The number of nitrogens with one attached hydrogen (secondary N) is 2. The van der Waals surface area contributed by atoms with Crippen molar-refractivity contribution in [2.24, 2.45) is 0 Å². The zero-order chi connectivity index (χ0) is 24.6. The van der Waals surface area contributed by atoms with E-state index in [4.69, 9.17) is 11.7 Å². The number of carbonyl (C=O) groups excluding carboxylic acids is 1. The van der Waals surface area contributed by atoms with Crippen molar-refractivity contribution in [2.75, 3.05) is 19.6 Å². The molecule has 0 spiro atoms. The third kappa shape index (κ3) is 4.57. The van der Waals surface area contributed by atoms with Crippen molar-refractivity contribution in [1.29, 1.82) is 5.26 Å². The molecule has 0 bridgehead atoms. The molecule has 2 N–H and O–H groups in total. The van der Waals surface area contributed by atoms with Gasteiger partial charge < -0.3 is 4.90 Å². The van der Waals surface area contributed by atoms with E-state index in [1.165, 1.54) is 27.0 Å². The monoisotopic (exact) mass is 526 g/mol. The Hall–Kier alpha value is -2.84. The molecule has 12 heteroatoms. The summed E-state index contributed by atoms with van der Waals surface area (Å²) in [5.41, 5.74) is 7.60. The molecule has 1 atom stereocenters. The third-order valence-corrected chi connectivity index (χ3v) is 10.6. The number of piperazine rings is 1. The van der Waals surface area contributed by atoms with Crippen LogP contribution in [-0.2, 0) is 23.1 Å².